The lowest BCUT2D eigenvalue weighted by Gasteiger charge is -2.08. The minimum Gasteiger partial charge on any atom is -0.436 e. The van der Waals surface area contributed by atoms with Gasteiger partial charge in [-0.25, -0.2) is 4.98 Å². The van der Waals surface area contributed by atoms with Crippen molar-refractivity contribution in [1.82, 2.24) is 4.98 Å². The first-order valence-electron chi connectivity index (χ1n) is 7.03. The van der Waals surface area contributed by atoms with Crippen LogP contribution in [0.2, 0.25) is 10.0 Å². The lowest BCUT2D eigenvalue weighted by molar-refractivity contribution is 0.620. The van der Waals surface area contributed by atoms with Crippen molar-refractivity contribution in [2.45, 2.75) is 26.7 Å². The number of anilines is 1. The summed E-state index contributed by atoms with van der Waals surface area (Å²) in [4.78, 5) is 4.53. The monoisotopic (exact) mass is 334 g/mol. The molecule has 0 radical (unpaired) electrons. The van der Waals surface area contributed by atoms with Gasteiger partial charge in [-0.05, 0) is 42.2 Å². The van der Waals surface area contributed by atoms with Crippen LogP contribution in [0.5, 0.6) is 0 Å². The summed E-state index contributed by atoms with van der Waals surface area (Å²) in [7, 11) is 0. The summed E-state index contributed by atoms with van der Waals surface area (Å²) in [5, 5.41) is 0.855. The SMILES string of the molecule is Cc1cc(Cl)c(-c2nc3cc(C(C)C)ccc3o2)c(Cl)c1N. The number of halogens is 2. The Bertz CT molecular complexity index is 869. The van der Waals surface area contributed by atoms with E-state index in [1.807, 2.05) is 25.1 Å². The fraction of sp³-hybridized carbons (Fsp3) is 0.235. The highest BCUT2D eigenvalue weighted by Gasteiger charge is 2.19. The summed E-state index contributed by atoms with van der Waals surface area (Å²) in [6.45, 7) is 6.13. The van der Waals surface area contributed by atoms with Gasteiger partial charge in [0.2, 0.25) is 5.89 Å². The first-order valence-corrected chi connectivity index (χ1v) is 7.79. The number of aromatic nitrogens is 1. The highest BCUT2D eigenvalue weighted by molar-refractivity contribution is 6.40. The second-order valence-corrected chi connectivity index (χ2v) is 6.46. The molecule has 0 amide bonds. The van der Waals surface area contributed by atoms with E-state index in [9.17, 15) is 0 Å². The molecule has 5 heteroatoms. The number of nitrogens with zero attached hydrogens (tertiary/aromatic N) is 1. The Morgan fingerprint density at radius 3 is 2.59 bits per heavy atom. The summed E-state index contributed by atoms with van der Waals surface area (Å²) >= 11 is 12.6. The smallest absolute Gasteiger partial charge is 0.230 e. The van der Waals surface area contributed by atoms with Crippen molar-refractivity contribution < 1.29 is 4.42 Å². The first kappa shape index (κ1) is 15.2. The van der Waals surface area contributed by atoms with E-state index < -0.39 is 0 Å². The van der Waals surface area contributed by atoms with Gasteiger partial charge in [-0.3, -0.25) is 0 Å². The Morgan fingerprint density at radius 1 is 1.18 bits per heavy atom. The van der Waals surface area contributed by atoms with Crippen LogP contribution in [0.15, 0.2) is 28.7 Å². The van der Waals surface area contributed by atoms with Crippen LogP contribution in [-0.2, 0) is 0 Å². The second kappa shape index (κ2) is 5.49. The molecule has 0 aliphatic carbocycles. The van der Waals surface area contributed by atoms with Crippen molar-refractivity contribution in [3.8, 4) is 11.5 Å². The largest absolute Gasteiger partial charge is 0.436 e. The average Bonchev–Trinajstić information content (AvgIpc) is 2.87. The minimum atomic E-state index is 0.376. The molecule has 3 rings (SSSR count). The molecule has 0 fully saturated rings. The van der Waals surface area contributed by atoms with Crippen LogP contribution in [-0.4, -0.2) is 4.98 Å². The molecule has 0 aliphatic rings. The van der Waals surface area contributed by atoms with E-state index in [0.717, 1.165) is 11.1 Å². The standard InChI is InChI=1S/C17H16Cl2N2O/c1-8(2)10-4-5-13-12(7-10)21-17(22-13)14-11(18)6-9(3)16(20)15(14)19/h4-8H,20H2,1-3H3. The molecule has 0 saturated carbocycles. The van der Waals surface area contributed by atoms with Gasteiger partial charge in [-0.1, -0.05) is 43.1 Å². The van der Waals surface area contributed by atoms with Gasteiger partial charge in [0.1, 0.15) is 5.52 Å². The zero-order chi connectivity index (χ0) is 16.0. The highest BCUT2D eigenvalue weighted by Crippen LogP contribution is 2.40. The molecule has 0 atom stereocenters. The van der Waals surface area contributed by atoms with Gasteiger partial charge in [-0.15, -0.1) is 0 Å². The molecule has 2 aromatic carbocycles. The quantitative estimate of drug-likeness (QED) is 0.601. The maximum absolute atomic E-state index is 6.34. The topological polar surface area (TPSA) is 52.0 Å². The van der Waals surface area contributed by atoms with Crippen LogP contribution in [0.25, 0.3) is 22.6 Å². The Hall–Kier alpha value is -1.71. The molecule has 0 spiro atoms. The van der Waals surface area contributed by atoms with E-state index in [0.29, 0.717) is 38.7 Å². The lowest BCUT2D eigenvalue weighted by Crippen LogP contribution is -1.94. The van der Waals surface area contributed by atoms with Gasteiger partial charge >= 0.3 is 0 Å². The summed E-state index contributed by atoms with van der Waals surface area (Å²) in [5.74, 6) is 0.810. The van der Waals surface area contributed by atoms with Gasteiger partial charge in [0.25, 0.3) is 0 Å². The van der Waals surface area contributed by atoms with Crippen LogP contribution < -0.4 is 5.73 Å². The van der Waals surface area contributed by atoms with Crippen LogP contribution in [0.4, 0.5) is 5.69 Å². The third-order valence-corrected chi connectivity index (χ3v) is 4.45. The Balaban J connectivity index is 2.21. The number of rotatable bonds is 2. The van der Waals surface area contributed by atoms with Crippen molar-refractivity contribution in [2.75, 3.05) is 5.73 Å². The molecule has 1 heterocycles. The van der Waals surface area contributed by atoms with E-state index >= 15 is 0 Å². The summed E-state index contributed by atoms with van der Waals surface area (Å²) in [6.07, 6.45) is 0. The second-order valence-electron chi connectivity index (χ2n) is 5.68. The maximum atomic E-state index is 6.34. The van der Waals surface area contributed by atoms with Gasteiger partial charge < -0.3 is 10.2 Å². The van der Waals surface area contributed by atoms with Crippen molar-refractivity contribution in [1.29, 1.82) is 0 Å². The summed E-state index contributed by atoms with van der Waals surface area (Å²) in [6, 6.07) is 7.74. The van der Waals surface area contributed by atoms with E-state index in [2.05, 4.69) is 18.8 Å². The van der Waals surface area contributed by atoms with Gasteiger partial charge in [0.15, 0.2) is 5.58 Å². The highest BCUT2D eigenvalue weighted by atomic mass is 35.5. The van der Waals surface area contributed by atoms with Crippen LogP contribution >= 0.6 is 23.2 Å². The fourth-order valence-electron chi connectivity index (χ4n) is 2.36. The lowest BCUT2D eigenvalue weighted by atomic mass is 10.0. The van der Waals surface area contributed by atoms with Gasteiger partial charge in [0, 0.05) is 0 Å². The van der Waals surface area contributed by atoms with Crippen LogP contribution in [0.1, 0.15) is 30.9 Å². The van der Waals surface area contributed by atoms with Gasteiger partial charge in [0.05, 0.1) is 21.3 Å². The van der Waals surface area contributed by atoms with Crippen LogP contribution in [0, 0.1) is 6.92 Å². The van der Waals surface area contributed by atoms with E-state index in [1.165, 1.54) is 5.56 Å². The third kappa shape index (κ3) is 2.44. The fourth-order valence-corrected chi connectivity index (χ4v) is 3.08. The maximum Gasteiger partial charge on any atom is 0.230 e. The molecule has 2 N–H and O–H groups in total. The average molecular weight is 335 g/mol. The van der Waals surface area contributed by atoms with Gasteiger partial charge in [-0.2, -0.15) is 0 Å². The first-order chi connectivity index (χ1) is 10.4. The predicted octanol–water partition coefficient (Wildman–Crippen LogP) is 5.82. The molecule has 114 valence electrons. The molecule has 0 unspecified atom stereocenters. The number of oxazole rings is 1. The molecule has 3 aromatic rings. The Morgan fingerprint density at radius 2 is 1.91 bits per heavy atom. The van der Waals surface area contributed by atoms with E-state index in [4.69, 9.17) is 33.4 Å². The predicted molar refractivity (Wildman–Crippen MR) is 92.7 cm³/mol. The third-order valence-electron chi connectivity index (χ3n) is 3.76. The number of aryl methyl sites for hydroxylation is 1. The van der Waals surface area contributed by atoms with Crippen molar-refractivity contribution in [3.05, 3.63) is 45.4 Å². The number of benzene rings is 2. The summed E-state index contributed by atoms with van der Waals surface area (Å²) < 4.78 is 5.81. The zero-order valence-electron chi connectivity index (χ0n) is 12.6. The Kier molecular flexibility index (Phi) is 3.79. The number of fused-ring (bicyclic) bond motifs is 1. The zero-order valence-corrected chi connectivity index (χ0v) is 14.1. The van der Waals surface area contributed by atoms with Crippen molar-refractivity contribution in [3.63, 3.8) is 0 Å². The molecule has 0 bridgehead atoms. The molecule has 0 saturated heterocycles. The van der Waals surface area contributed by atoms with E-state index in [-0.39, 0.29) is 0 Å². The molecule has 3 nitrogen and oxygen atoms in total. The number of hydrogen-bond donors (Lipinski definition) is 1. The van der Waals surface area contributed by atoms with Crippen molar-refractivity contribution >= 4 is 40.0 Å². The normalized spacial score (nSPS) is 11.5. The Labute approximate surface area is 139 Å². The van der Waals surface area contributed by atoms with Crippen LogP contribution in [0.3, 0.4) is 0 Å². The number of nitrogen functional groups attached to an aromatic ring is 1. The molecular weight excluding hydrogens is 319 g/mol. The molecule has 0 aliphatic heterocycles. The van der Waals surface area contributed by atoms with E-state index in [1.54, 1.807) is 6.07 Å². The number of nitrogens with two attached hydrogens (primary N) is 1. The molecular formula is C17H16Cl2N2O. The molecule has 1 aromatic heterocycles. The number of hydrogen-bond acceptors (Lipinski definition) is 3. The minimum absolute atomic E-state index is 0.376. The molecule has 22 heavy (non-hydrogen) atoms. The van der Waals surface area contributed by atoms with Crippen molar-refractivity contribution in [2.24, 2.45) is 0 Å². The summed E-state index contributed by atoms with van der Waals surface area (Å²) in [5.41, 5.74) is 10.5.